The van der Waals surface area contributed by atoms with Crippen molar-refractivity contribution < 1.29 is 23.8 Å². The Hall–Kier alpha value is -0.630. The van der Waals surface area contributed by atoms with Crippen molar-refractivity contribution in [2.45, 2.75) is 25.5 Å². The van der Waals surface area contributed by atoms with E-state index < -0.39 is 0 Å². The summed E-state index contributed by atoms with van der Waals surface area (Å²) >= 11 is 1.25. The third kappa shape index (κ3) is 8.40. The van der Waals surface area contributed by atoms with Crippen LogP contribution in [0.3, 0.4) is 0 Å². The molecule has 21 heavy (non-hydrogen) atoms. The Morgan fingerprint density at radius 1 is 1.19 bits per heavy atom. The van der Waals surface area contributed by atoms with Gasteiger partial charge in [-0.25, -0.2) is 0 Å². The van der Waals surface area contributed by atoms with Gasteiger partial charge in [0.2, 0.25) is 5.91 Å². The quantitative estimate of drug-likeness (QED) is 0.528. The van der Waals surface area contributed by atoms with Crippen LogP contribution in [0, 0.1) is 0 Å². The second-order valence-corrected chi connectivity index (χ2v) is 6.17. The van der Waals surface area contributed by atoms with Crippen LogP contribution in [-0.2, 0) is 23.8 Å². The van der Waals surface area contributed by atoms with Crippen LogP contribution < -0.4 is 0 Å². The third-order valence-electron chi connectivity index (χ3n) is 2.97. The number of hydrogen-bond donors (Lipinski definition) is 0. The molecule has 0 aromatic rings. The van der Waals surface area contributed by atoms with Crippen LogP contribution in [0.5, 0.6) is 0 Å². The maximum absolute atomic E-state index is 11.7. The molecule has 0 aromatic carbocycles. The Kier molecular flexibility index (Phi) is 9.65. The lowest BCUT2D eigenvalue weighted by atomic mass is 10.4. The monoisotopic (exact) mass is 319 g/mol. The van der Waals surface area contributed by atoms with Crippen LogP contribution in [0.1, 0.15) is 20.3 Å². The molecular formula is C14H25NO5S. The highest BCUT2D eigenvalue weighted by molar-refractivity contribution is 8.14. The number of rotatable bonds is 11. The van der Waals surface area contributed by atoms with E-state index in [1.807, 2.05) is 6.92 Å². The van der Waals surface area contributed by atoms with E-state index in [1.54, 1.807) is 4.90 Å². The first-order valence-electron chi connectivity index (χ1n) is 7.31. The van der Waals surface area contributed by atoms with E-state index in [2.05, 4.69) is 0 Å². The van der Waals surface area contributed by atoms with E-state index in [4.69, 9.17) is 14.2 Å². The van der Waals surface area contributed by atoms with Gasteiger partial charge in [-0.05, 0) is 6.92 Å². The first-order chi connectivity index (χ1) is 10.1. The fourth-order valence-electron chi connectivity index (χ4n) is 2.02. The molecule has 0 bridgehead atoms. The molecule has 0 aromatic heterocycles. The average molecular weight is 319 g/mol. The van der Waals surface area contributed by atoms with Gasteiger partial charge in [-0.15, -0.1) is 0 Å². The van der Waals surface area contributed by atoms with Gasteiger partial charge in [0, 0.05) is 38.3 Å². The fourth-order valence-corrected chi connectivity index (χ4v) is 2.97. The van der Waals surface area contributed by atoms with Gasteiger partial charge >= 0.3 is 0 Å². The summed E-state index contributed by atoms with van der Waals surface area (Å²) in [6.07, 6.45) is 0.449. The standard InChI is InChI=1S/C14H25NO5S/c1-3-18-6-7-20-9-8-19-5-4-15-11-13(10-14(15)17)21-12(2)16/h13H,3-11H2,1-2H3. The second kappa shape index (κ2) is 11.0. The number of ether oxygens (including phenoxy) is 3. The maximum atomic E-state index is 11.7. The summed E-state index contributed by atoms with van der Waals surface area (Å²) in [6, 6.07) is 0. The van der Waals surface area contributed by atoms with Crippen LogP contribution in [0.15, 0.2) is 0 Å². The van der Waals surface area contributed by atoms with Crippen LogP contribution in [0.2, 0.25) is 0 Å². The number of hydrogen-bond acceptors (Lipinski definition) is 6. The van der Waals surface area contributed by atoms with Gasteiger partial charge in [-0.2, -0.15) is 0 Å². The largest absolute Gasteiger partial charge is 0.379 e. The predicted molar refractivity (Wildman–Crippen MR) is 81.4 cm³/mol. The Balaban J connectivity index is 1.98. The smallest absolute Gasteiger partial charge is 0.223 e. The summed E-state index contributed by atoms with van der Waals surface area (Å²) in [4.78, 5) is 24.5. The zero-order valence-corrected chi connectivity index (χ0v) is 13.7. The highest BCUT2D eigenvalue weighted by atomic mass is 32.2. The number of amides is 1. The molecule has 1 aliphatic rings. The van der Waals surface area contributed by atoms with E-state index in [-0.39, 0.29) is 16.3 Å². The molecule has 6 nitrogen and oxygen atoms in total. The van der Waals surface area contributed by atoms with Crippen LogP contribution in [0.25, 0.3) is 0 Å². The lowest BCUT2D eigenvalue weighted by molar-refractivity contribution is -0.128. The molecule has 1 amide bonds. The first kappa shape index (κ1) is 18.4. The van der Waals surface area contributed by atoms with E-state index in [0.29, 0.717) is 59.2 Å². The van der Waals surface area contributed by atoms with Crippen molar-refractivity contribution in [2.75, 3.05) is 52.7 Å². The number of nitrogens with zero attached hydrogens (tertiary/aromatic N) is 1. The zero-order chi connectivity index (χ0) is 15.5. The molecule has 0 aliphatic carbocycles. The van der Waals surface area contributed by atoms with Crippen molar-refractivity contribution in [1.82, 2.24) is 4.90 Å². The highest BCUT2D eigenvalue weighted by Crippen LogP contribution is 2.23. The minimum Gasteiger partial charge on any atom is -0.379 e. The molecule has 1 heterocycles. The zero-order valence-electron chi connectivity index (χ0n) is 12.8. The summed E-state index contributed by atoms with van der Waals surface area (Å²) in [5.41, 5.74) is 0. The molecule has 1 rings (SSSR count). The van der Waals surface area contributed by atoms with Crippen LogP contribution in [-0.4, -0.2) is 73.9 Å². The lowest BCUT2D eigenvalue weighted by Crippen LogP contribution is -2.29. The fraction of sp³-hybridized carbons (Fsp3) is 0.857. The van der Waals surface area contributed by atoms with Gasteiger partial charge in [-0.3, -0.25) is 9.59 Å². The van der Waals surface area contributed by atoms with Gasteiger partial charge in [0.05, 0.1) is 33.0 Å². The molecule has 1 unspecified atom stereocenters. The molecule has 122 valence electrons. The van der Waals surface area contributed by atoms with E-state index in [0.717, 1.165) is 0 Å². The summed E-state index contributed by atoms with van der Waals surface area (Å²) in [6.45, 7) is 8.12. The highest BCUT2D eigenvalue weighted by Gasteiger charge is 2.30. The maximum Gasteiger partial charge on any atom is 0.223 e. The van der Waals surface area contributed by atoms with E-state index >= 15 is 0 Å². The van der Waals surface area contributed by atoms with Crippen molar-refractivity contribution in [1.29, 1.82) is 0 Å². The molecule has 7 heteroatoms. The van der Waals surface area contributed by atoms with Crippen molar-refractivity contribution in [3.8, 4) is 0 Å². The van der Waals surface area contributed by atoms with E-state index in [9.17, 15) is 9.59 Å². The number of thioether (sulfide) groups is 1. The van der Waals surface area contributed by atoms with Gasteiger partial charge in [0.25, 0.3) is 0 Å². The van der Waals surface area contributed by atoms with Crippen LogP contribution >= 0.6 is 11.8 Å². The number of carbonyl (C=O) groups excluding carboxylic acids is 2. The predicted octanol–water partition coefficient (Wildman–Crippen LogP) is 0.937. The molecule has 1 saturated heterocycles. The molecule has 0 spiro atoms. The van der Waals surface area contributed by atoms with Crippen molar-refractivity contribution in [3.63, 3.8) is 0 Å². The minimum atomic E-state index is 0.0649. The first-order valence-corrected chi connectivity index (χ1v) is 8.19. The van der Waals surface area contributed by atoms with Gasteiger partial charge < -0.3 is 19.1 Å². The molecule has 0 radical (unpaired) electrons. The summed E-state index contributed by atoms with van der Waals surface area (Å²) in [5.74, 6) is 0.102. The number of likely N-dealkylation sites (tertiary alicyclic amines) is 1. The van der Waals surface area contributed by atoms with Crippen molar-refractivity contribution in [2.24, 2.45) is 0 Å². The lowest BCUT2D eigenvalue weighted by Gasteiger charge is -2.16. The number of carbonyl (C=O) groups is 2. The SMILES string of the molecule is CCOCCOCCOCCN1CC(SC(C)=O)CC1=O. The second-order valence-electron chi connectivity index (χ2n) is 4.70. The van der Waals surface area contributed by atoms with Crippen molar-refractivity contribution >= 4 is 22.8 Å². The van der Waals surface area contributed by atoms with Crippen molar-refractivity contribution in [3.05, 3.63) is 0 Å². The molecular weight excluding hydrogens is 294 g/mol. The Bertz CT molecular complexity index is 326. The molecule has 1 atom stereocenters. The Morgan fingerprint density at radius 2 is 1.81 bits per heavy atom. The van der Waals surface area contributed by atoms with Gasteiger partial charge in [-0.1, -0.05) is 11.8 Å². The normalized spacial score (nSPS) is 18.5. The van der Waals surface area contributed by atoms with E-state index in [1.165, 1.54) is 18.7 Å². The molecule has 0 N–H and O–H groups in total. The molecule has 1 aliphatic heterocycles. The Labute approximate surface area is 130 Å². The van der Waals surface area contributed by atoms with Gasteiger partial charge in [0.15, 0.2) is 5.12 Å². The molecule has 0 saturated carbocycles. The Morgan fingerprint density at radius 3 is 2.43 bits per heavy atom. The summed E-state index contributed by atoms with van der Waals surface area (Å²) < 4.78 is 15.9. The minimum absolute atomic E-state index is 0.0649. The molecule has 1 fully saturated rings. The average Bonchev–Trinajstić information content (AvgIpc) is 2.76. The summed E-state index contributed by atoms with van der Waals surface area (Å²) in [5, 5.41) is 0.159. The summed E-state index contributed by atoms with van der Waals surface area (Å²) in [7, 11) is 0. The third-order valence-corrected chi connectivity index (χ3v) is 3.95. The topological polar surface area (TPSA) is 65.1 Å². The van der Waals surface area contributed by atoms with Gasteiger partial charge in [0.1, 0.15) is 0 Å². The van der Waals surface area contributed by atoms with Crippen LogP contribution in [0.4, 0.5) is 0 Å².